The Kier molecular flexibility index (Phi) is 3.61. The van der Waals surface area contributed by atoms with Crippen LogP contribution in [0.15, 0.2) is 41.1 Å². The zero-order chi connectivity index (χ0) is 18.8. The van der Waals surface area contributed by atoms with Gasteiger partial charge >= 0.3 is 0 Å². The number of carbonyl (C=O) groups excluding carboxylic acids is 1. The molecule has 2 N–H and O–H groups in total. The van der Waals surface area contributed by atoms with Gasteiger partial charge in [-0.1, -0.05) is 31.6 Å². The van der Waals surface area contributed by atoms with E-state index >= 15 is 0 Å². The van der Waals surface area contributed by atoms with Crippen molar-refractivity contribution in [3.63, 3.8) is 0 Å². The lowest BCUT2D eigenvalue weighted by Gasteiger charge is -2.53. The van der Waals surface area contributed by atoms with Crippen molar-refractivity contribution in [2.24, 2.45) is 5.92 Å². The molecule has 4 aliphatic rings. The van der Waals surface area contributed by atoms with Crippen LogP contribution in [-0.2, 0) is 10.2 Å². The standard InChI is InChI=1S/C23H28N2O2/c1-3-5-10-25-11-9-23-18-7-6-8-19(27)21(18)24-22(23)17(14-26)16(12-20(23)25)15(4-2)13-25/h4,6-8,14,16,20H,3,5,9-13H2,1-2H3,(H-,24,26,27)/p+1/b15-4-/t16-,20-,23?,25?/m0/s1. The van der Waals surface area contributed by atoms with Crippen molar-refractivity contribution < 1.29 is 14.4 Å². The van der Waals surface area contributed by atoms with Crippen LogP contribution >= 0.6 is 0 Å². The van der Waals surface area contributed by atoms with E-state index in [1.54, 1.807) is 6.07 Å². The Labute approximate surface area is 161 Å². The number of fused-ring (bicyclic) bond motifs is 2. The molecule has 5 rings (SSSR count). The van der Waals surface area contributed by atoms with E-state index < -0.39 is 0 Å². The number of aldehydes is 1. The second-order valence-electron chi connectivity index (χ2n) is 8.84. The first-order valence-corrected chi connectivity index (χ1v) is 10.4. The number of nitrogens with zero attached hydrogens (tertiary/aromatic N) is 1. The molecule has 142 valence electrons. The number of allylic oxidation sites excluding steroid dienone is 2. The molecule has 1 aromatic rings. The first-order valence-electron chi connectivity index (χ1n) is 10.4. The fourth-order valence-electron chi connectivity index (χ4n) is 6.76. The van der Waals surface area contributed by atoms with Gasteiger partial charge in [0.2, 0.25) is 0 Å². The van der Waals surface area contributed by atoms with Crippen LogP contribution in [0.3, 0.4) is 0 Å². The molecule has 4 nitrogen and oxygen atoms in total. The van der Waals surface area contributed by atoms with Crippen LogP contribution in [0.4, 0.5) is 5.69 Å². The normalized spacial score (nSPS) is 37.2. The number of aromatic hydroxyl groups is 1. The largest absolute Gasteiger partial charge is 0.506 e. The van der Waals surface area contributed by atoms with E-state index in [1.165, 1.54) is 30.5 Å². The Morgan fingerprint density at radius 1 is 1.41 bits per heavy atom. The van der Waals surface area contributed by atoms with Crippen LogP contribution in [0.2, 0.25) is 0 Å². The average molecular weight is 365 g/mol. The molecule has 3 aliphatic heterocycles. The van der Waals surface area contributed by atoms with Crippen LogP contribution in [0.5, 0.6) is 5.75 Å². The van der Waals surface area contributed by atoms with Crippen LogP contribution < -0.4 is 5.32 Å². The highest BCUT2D eigenvalue weighted by Crippen LogP contribution is 2.64. The molecule has 2 fully saturated rings. The van der Waals surface area contributed by atoms with Crippen molar-refractivity contribution in [2.75, 3.05) is 25.0 Å². The lowest BCUT2D eigenvalue weighted by atomic mass is 9.61. The van der Waals surface area contributed by atoms with Crippen LogP contribution in [-0.4, -0.2) is 41.6 Å². The summed E-state index contributed by atoms with van der Waals surface area (Å²) < 4.78 is 1.15. The molecular weight excluding hydrogens is 336 g/mol. The maximum absolute atomic E-state index is 12.2. The van der Waals surface area contributed by atoms with Gasteiger partial charge in [0, 0.05) is 30.0 Å². The number of rotatable bonds is 4. The summed E-state index contributed by atoms with van der Waals surface area (Å²) >= 11 is 0. The number of anilines is 1. The molecule has 4 atom stereocenters. The van der Waals surface area contributed by atoms with Gasteiger partial charge in [-0.2, -0.15) is 0 Å². The molecule has 0 amide bonds. The molecule has 1 aromatic carbocycles. The quantitative estimate of drug-likeness (QED) is 0.368. The Hall–Kier alpha value is -2.07. The van der Waals surface area contributed by atoms with E-state index in [4.69, 9.17) is 0 Å². The van der Waals surface area contributed by atoms with E-state index in [2.05, 4.69) is 31.3 Å². The van der Waals surface area contributed by atoms with Crippen LogP contribution in [0.25, 0.3) is 0 Å². The van der Waals surface area contributed by atoms with Crippen molar-refractivity contribution in [3.05, 3.63) is 46.7 Å². The van der Waals surface area contributed by atoms with Gasteiger partial charge in [0.05, 0.1) is 24.2 Å². The molecule has 0 radical (unpaired) electrons. The Morgan fingerprint density at radius 2 is 2.26 bits per heavy atom. The third kappa shape index (κ3) is 1.94. The Morgan fingerprint density at radius 3 is 3.00 bits per heavy atom. The van der Waals surface area contributed by atoms with Gasteiger partial charge in [0.25, 0.3) is 0 Å². The molecule has 27 heavy (non-hydrogen) atoms. The number of hydrogen-bond donors (Lipinski definition) is 2. The highest BCUT2D eigenvalue weighted by molar-refractivity contribution is 5.85. The number of para-hydroxylation sites is 1. The number of piperidine rings is 1. The first kappa shape index (κ1) is 17.1. The highest BCUT2D eigenvalue weighted by Gasteiger charge is 2.68. The van der Waals surface area contributed by atoms with E-state index in [9.17, 15) is 9.90 Å². The smallest absolute Gasteiger partial charge is 0.148 e. The summed E-state index contributed by atoms with van der Waals surface area (Å²) in [6.45, 7) is 7.84. The second-order valence-corrected chi connectivity index (χ2v) is 8.84. The lowest BCUT2D eigenvalue weighted by molar-refractivity contribution is -0.941. The van der Waals surface area contributed by atoms with Gasteiger partial charge in [0.15, 0.2) is 0 Å². The maximum Gasteiger partial charge on any atom is 0.148 e. The van der Waals surface area contributed by atoms with Gasteiger partial charge in [-0.25, -0.2) is 0 Å². The first-order chi connectivity index (χ1) is 13.1. The number of nitrogens with one attached hydrogen (secondary N) is 1. The summed E-state index contributed by atoms with van der Waals surface area (Å²) in [6.07, 6.45) is 7.91. The topological polar surface area (TPSA) is 49.3 Å². The molecule has 3 heterocycles. The number of benzene rings is 1. The molecule has 0 aromatic heterocycles. The SMILES string of the molecule is C/C=C1/C[N+]2(CCCC)CCC34C(=C(C=O)[C@H]1C[C@@H]32)Nc1c(O)cccc14. The van der Waals surface area contributed by atoms with E-state index in [-0.39, 0.29) is 11.3 Å². The van der Waals surface area contributed by atoms with Crippen LogP contribution in [0, 0.1) is 5.92 Å². The third-order valence-electron chi connectivity index (χ3n) is 7.92. The van der Waals surface area contributed by atoms with Crippen molar-refractivity contribution in [1.29, 1.82) is 0 Å². The van der Waals surface area contributed by atoms with E-state index in [1.807, 2.05) is 6.07 Å². The summed E-state index contributed by atoms with van der Waals surface area (Å²) in [5.74, 6) is 0.531. The molecule has 0 saturated carbocycles. The summed E-state index contributed by atoms with van der Waals surface area (Å²) in [5, 5.41) is 14.0. The zero-order valence-electron chi connectivity index (χ0n) is 16.3. The molecule has 2 saturated heterocycles. The minimum atomic E-state index is -0.131. The minimum absolute atomic E-state index is 0.131. The zero-order valence-corrected chi connectivity index (χ0v) is 16.3. The van der Waals surface area contributed by atoms with Crippen molar-refractivity contribution in [2.45, 2.75) is 51.0 Å². The number of unbranched alkanes of at least 4 members (excludes halogenated alkanes) is 1. The van der Waals surface area contributed by atoms with E-state index in [0.717, 1.165) is 53.7 Å². The summed E-state index contributed by atoms with van der Waals surface area (Å²) in [4.78, 5) is 12.2. The third-order valence-corrected chi connectivity index (χ3v) is 7.92. The van der Waals surface area contributed by atoms with Gasteiger partial charge in [-0.3, -0.25) is 4.79 Å². The van der Waals surface area contributed by atoms with Crippen LogP contribution in [0.1, 0.15) is 45.1 Å². The second kappa shape index (κ2) is 5.71. The molecule has 1 spiro atoms. The summed E-state index contributed by atoms with van der Waals surface area (Å²) in [6, 6.07) is 6.37. The van der Waals surface area contributed by atoms with E-state index in [0.29, 0.717) is 11.8 Å². The number of hydrogen-bond acceptors (Lipinski definition) is 3. The fraction of sp³-hybridized carbons (Fsp3) is 0.522. The van der Waals surface area contributed by atoms with Crippen molar-refractivity contribution >= 4 is 12.0 Å². The number of phenolic OH excluding ortho intramolecular Hbond substituents is 1. The summed E-state index contributed by atoms with van der Waals surface area (Å²) in [5.41, 5.74) is 5.34. The average Bonchev–Trinajstić information content (AvgIpc) is 3.21. The number of carbonyl (C=O) groups is 1. The Bertz CT molecular complexity index is 886. The lowest BCUT2D eigenvalue weighted by Crippen LogP contribution is -2.63. The monoisotopic (exact) mass is 365 g/mol. The molecule has 2 unspecified atom stereocenters. The molecule has 4 heteroatoms. The minimum Gasteiger partial charge on any atom is -0.506 e. The molecule has 2 bridgehead atoms. The number of quaternary nitrogens is 1. The van der Waals surface area contributed by atoms with Gasteiger partial charge in [-0.15, -0.1) is 0 Å². The maximum atomic E-state index is 12.2. The van der Waals surface area contributed by atoms with Gasteiger partial charge in [0.1, 0.15) is 24.6 Å². The fourth-order valence-corrected chi connectivity index (χ4v) is 6.76. The Balaban J connectivity index is 1.78. The molecular formula is C23H29N2O2+. The van der Waals surface area contributed by atoms with Crippen molar-refractivity contribution in [1.82, 2.24) is 0 Å². The van der Waals surface area contributed by atoms with Gasteiger partial charge < -0.3 is 14.9 Å². The summed E-state index contributed by atoms with van der Waals surface area (Å²) in [7, 11) is 0. The highest BCUT2D eigenvalue weighted by atomic mass is 16.3. The number of phenols is 1. The van der Waals surface area contributed by atoms with Crippen molar-refractivity contribution in [3.8, 4) is 5.75 Å². The van der Waals surface area contributed by atoms with Gasteiger partial charge in [-0.05, 0) is 30.5 Å². The molecule has 1 aliphatic carbocycles. The predicted octanol–water partition coefficient (Wildman–Crippen LogP) is 3.88. The predicted molar refractivity (Wildman–Crippen MR) is 107 cm³/mol.